The molecule has 2 rings (SSSR count). The molecule has 0 saturated heterocycles. The minimum absolute atomic E-state index is 0.102. The lowest BCUT2D eigenvalue weighted by molar-refractivity contribution is -0.124. The number of amides is 1. The predicted molar refractivity (Wildman–Crippen MR) is 88.6 cm³/mol. The fraction of sp³-hybridized carbons (Fsp3) is 0.294. The zero-order chi connectivity index (χ0) is 16.7. The Kier molecular flexibility index (Phi) is 6.29. The Morgan fingerprint density at radius 1 is 1.13 bits per heavy atom. The number of ether oxygens (including phenoxy) is 1. The van der Waals surface area contributed by atoms with Crippen molar-refractivity contribution in [2.24, 2.45) is 0 Å². The second kappa shape index (κ2) is 8.43. The molecule has 0 atom stereocenters. The lowest BCUT2D eigenvalue weighted by Crippen LogP contribution is -2.30. The molecule has 0 aliphatic rings. The van der Waals surface area contributed by atoms with Gasteiger partial charge in [-0.25, -0.2) is 4.79 Å². The molecule has 2 aromatic rings. The zero-order valence-corrected chi connectivity index (χ0v) is 13.9. The Labute approximate surface area is 139 Å². The molecule has 5 nitrogen and oxygen atoms in total. The molecule has 0 aliphatic heterocycles. The summed E-state index contributed by atoms with van der Waals surface area (Å²) in [7, 11) is 0. The van der Waals surface area contributed by atoms with Crippen molar-refractivity contribution < 1.29 is 18.7 Å². The molecule has 1 aromatic heterocycles. The van der Waals surface area contributed by atoms with Crippen LogP contribution in [-0.4, -0.2) is 30.8 Å². The molecule has 1 amide bonds. The fourth-order valence-corrected chi connectivity index (χ4v) is 2.56. The van der Waals surface area contributed by atoms with Crippen LogP contribution in [0.1, 0.15) is 21.9 Å². The third-order valence-electron chi connectivity index (χ3n) is 2.99. The molecule has 6 heteroatoms. The first kappa shape index (κ1) is 17.1. The highest BCUT2D eigenvalue weighted by molar-refractivity contribution is 7.99. The summed E-state index contributed by atoms with van der Waals surface area (Å²) in [6.07, 6.45) is 0. The van der Waals surface area contributed by atoms with Crippen LogP contribution in [0.5, 0.6) is 0 Å². The summed E-state index contributed by atoms with van der Waals surface area (Å²) in [4.78, 5) is 24.4. The molecule has 122 valence electrons. The Morgan fingerprint density at radius 3 is 2.52 bits per heavy atom. The maximum absolute atomic E-state index is 11.6. The number of carbonyl (C=O) groups is 2. The summed E-state index contributed by atoms with van der Waals surface area (Å²) >= 11 is 1.66. The Hall–Kier alpha value is -2.21. The monoisotopic (exact) mass is 333 g/mol. The molecule has 0 radical (unpaired) electrons. The summed E-state index contributed by atoms with van der Waals surface area (Å²) in [6, 6.07) is 11.4. The van der Waals surface area contributed by atoms with E-state index in [1.54, 1.807) is 24.8 Å². The Balaban J connectivity index is 1.61. The highest BCUT2D eigenvalue weighted by Gasteiger charge is 2.13. The van der Waals surface area contributed by atoms with E-state index in [1.165, 1.54) is 11.6 Å². The summed E-state index contributed by atoms with van der Waals surface area (Å²) in [5, 5.41) is 2.71. The van der Waals surface area contributed by atoms with Crippen LogP contribution in [0.2, 0.25) is 0 Å². The van der Waals surface area contributed by atoms with Crippen LogP contribution >= 0.6 is 11.8 Å². The van der Waals surface area contributed by atoms with Gasteiger partial charge in [-0.15, -0.1) is 11.8 Å². The average Bonchev–Trinajstić information content (AvgIpc) is 2.97. The van der Waals surface area contributed by atoms with Crippen LogP contribution < -0.4 is 5.32 Å². The fourth-order valence-electron chi connectivity index (χ4n) is 1.79. The normalized spacial score (nSPS) is 10.3. The van der Waals surface area contributed by atoms with Crippen molar-refractivity contribution in [3.8, 4) is 0 Å². The number of carbonyl (C=O) groups excluding carboxylic acids is 2. The Bertz CT molecular complexity index is 663. The molecule has 0 fully saturated rings. The van der Waals surface area contributed by atoms with E-state index in [4.69, 9.17) is 9.15 Å². The number of furan rings is 1. The Morgan fingerprint density at radius 2 is 1.87 bits per heavy atom. The van der Waals surface area contributed by atoms with Gasteiger partial charge in [-0.2, -0.15) is 0 Å². The minimum Gasteiger partial charge on any atom is -0.454 e. The van der Waals surface area contributed by atoms with Crippen molar-refractivity contribution in [1.29, 1.82) is 0 Å². The zero-order valence-electron chi connectivity index (χ0n) is 13.1. The predicted octanol–water partition coefficient (Wildman–Crippen LogP) is 2.96. The molecular weight excluding hydrogens is 314 g/mol. The summed E-state index contributed by atoms with van der Waals surface area (Å²) in [5.74, 6) is 0.508. The maximum Gasteiger partial charge on any atom is 0.374 e. The highest BCUT2D eigenvalue weighted by atomic mass is 32.2. The molecule has 1 heterocycles. The first-order valence-corrected chi connectivity index (χ1v) is 8.23. The van der Waals surface area contributed by atoms with E-state index in [9.17, 15) is 9.59 Å². The van der Waals surface area contributed by atoms with Crippen molar-refractivity contribution >= 4 is 23.6 Å². The number of thioether (sulfide) groups is 1. The van der Waals surface area contributed by atoms with E-state index in [0.717, 1.165) is 10.6 Å². The van der Waals surface area contributed by atoms with Gasteiger partial charge in [0.2, 0.25) is 5.76 Å². The van der Waals surface area contributed by atoms with Gasteiger partial charge < -0.3 is 14.5 Å². The largest absolute Gasteiger partial charge is 0.454 e. The molecule has 23 heavy (non-hydrogen) atoms. The molecule has 1 aromatic carbocycles. The van der Waals surface area contributed by atoms with Crippen LogP contribution in [0.3, 0.4) is 0 Å². The van der Waals surface area contributed by atoms with Gasteiger partial charge in [0.25, 0.3) is 5.91 Å². The number of hydrogen-bond donors (Lipinski definition) is 1. The molecule has 0 saturated carbocycles. The van der Waals surface area contributed by atoms with Crippen molar-refractivity contribution in [1.82, 2.24) is 5.32 Å². The van der Waals surface area contributed by atoms with Gasteiger partial charge in [0, 0.05) is 17.2 Å². The quantitative estimate of drug-likeness (QED) is 0.479. The topological polar surface area (TPSA) is 68.5 Å². The van der Waals surface area contributed by atoms with Crippen molar-refractivity contribution in [2.45, 2.75) is 18.7 Å². The van der Waals surface area contributed by atoms with Gasteiger partial charge in [-0.05, 0) is 38.1 Å². The van der Waals surface area contributed by atoms with E-state index in [2.05, 4.69) is 29.6 Å². The van der Waals surface area contributed by atoms with E-state index >= 15 is 0 Å². The van der Waals surface area contributed by atoms with Gasteiger partial charge >= 0.3 is 5.97 Å². The molecular formula is C17H19NO4S. The third-order valence-corrected chi connectivity index (χ3v) is 4.00. The van der Waals surface area contributed by atoms with Crippen LogP contribution in [-0.2, 0) is 9.53 Å². The van der Waals surface area contributed by atoms with Crippen LogP contribution in [0.15, 0.2) is 45.7 Å². The standard InChI is InChI=1S/C17H19NO4S/c1-12-3-6-14(7-4-12)23-10-9-18-16(19)11-21-17(20)15-8-5-13(2)22-15/h3-8H,9-11H2,1-2H3,(H,18,19). The second-order valence-electron chi connectivity index (χ2n) is 5.00. The van der Waals surface area contributed by atoms with E-state index in [-0.39, 0.29) is 18.3 Å². The van der Waals surface area contributed by atoms with Crippen LogP contribution in [0.25, 0.3) is 0 Å². The number of benzene rings is 1. The maximum atomic E-state index is 11.6. The van der Waals surface area contributed by atoms with E-state index < -0.39 is 5.97 Å². The number of nitrogens with one attached hydrogen (secondary N) is 1. The smallest absolute Gasteiger partial charge is 0.374 e. The molecule has 0 unspecified atom stereocenters. The molecule has 1 N–H and O–H groups in total. The lowest BCUT2D eigenvalue weighted by Gasteiger charge is -2.06. The SMILES string of the molecule is Cc1ccc(SCCNC(=O)COC(=O)c2ccc(C)o2)cc1. The number of esters is 1. The van der Waals surface area contributed by atoms with Crippen LogP contribution in [0, 0.1) is 13.8 Å². The van der Waals surface area contributed by atoms with E-state index in [0.29, 0.717) is 12.3 Å². The lowest BCUT2D eigenvalue weighted by atomic mass is 10.2. The van der Waals surface area contributed by atoms with Crippen LogP contribution in [0.4, 0.5) is 0 Å². The first-order chi connectivity index (χ1) is 11.0. The summed E-state index contributed by atoms with van der Waals surface area (Å²) in [5.41, 5.74) is 1.22. The average molecular weight is 333 g/mol. The number of aryl methyl sites for hydroxylation is 2. The second-order valence-corrected chi connectivity index (χ2v) is 6.17. The van der Waals surface area contributed by atoms with Crippen molar-refractivity contribution in [2.75, 3.05) is 18.9 Å². The summed E-state index contributed by atoms with van der Waals surface area (Å²) in [6.45, 7) is 3.97. The highest BCUT2D eigenvalue weighted by Crippen LogP contribution is 2.17. The van der Waals surface area contributed by atoms with Gasteiger partial charge in [0.15, 0.2) is 6.61 Å². The van der Waals surface area contributed by atoms with Crippen molar-refractivity contribution in [3.63, 3.8) is 0 Å². The molecule has 0 aliphatic carbocycles. The van der Waals surface area contributed by atoms with Crippen molar-refractivity contribution in [3.05, 3.63) is 53.5 Å². The third kappa shape index (κ3) is 5.83. The van der Waals surface area contributed by atoms with Gasteiger partial charge in [-0.1, -0.05) is 17.7 Å². The van der Waals surface area contributed by atoms with E-state index in [1.807, 2.05) is 6.92 Å². The van der Waals surface area contributed by atoms with Gasteiger partial charge in [-0.3, -0.25) is 4.79 Å². The van der Waals surface area contributed by atoms with Gasteiger partial charge in [0.1, 0.15) is 5.76 Å². The number of hydrogen-bond acceptors (Lipinski definition) is 5. The molecule has 0 bridgehead atoms. The van der Waals surface area contributed by atoms with Gasteiger partial charge in [0.05, 0.1) is 0 Å². The molecule has 0 spiro atoms. The minimum atomic E-state index is -0.637. The first-order valence-electron chi connectivity index (χ1n) is 7.24. The number of rotatable bonds is 7. The summed E-state index contributed by atoms with van der Waals surface area (Å²) < 4.78 is 10.0.